The van der Waals surface area contributed by atoms with Crippen molar-refractivity contribution >= 4 is 23.5 Å². The summed E-state index contributed by atoms with van der Waals surface area (Å²) in [6, 6.07) is 16.4. The Hall–Kier alpha value is -3.25. The molecule has 0 radical (unpaired) electrons. The van der Waals surface area contributed by atoms with E-state index in [-0.39, 0.29) is 22.6 Å². The summed E-state index contributed by atoms with van der Waals surface area (Å²) in [4.78, 5) is 24.6. The maximum Gasteiger partial charge on any atom is 0.344 e. The largest absolute Gasteiger partial charge is 0.511 e. The maximum absolute atomic E-state index is 12.3. The Balaban J connectivity index is 1.78. The fourth-order valence-corrected chi connectivity index (χ4v) is 2.84. The molecule has 1 unspecified atom stereocenters. The van der Waals surface area contributed by atoms with Gasteiger partial charge in [-0.15, -0.1) is 11.6 Å². The Bertz CT molecular complexity index is 918. The first-order chi connectivity index (χ1) is 13.0. The minimum atomic E-state index is -1.44. The van der Waals surface area contributed by atoms with Crippen LogP contribution < -0.4 is 9.47 Å². The molecule has 2 aromatic carbocycles. The maximum atomic E-state index is 12.3. The van der Waals surface area contributed by atoms with Crippen LogP contribution >= 0.6 is 11.6 Å². The van der Waals surface area contributed by atoms with E-state index in [1.54, 1.807) is 60.7 Å². The van der Waals surface area contributed by atoms with E-state index in [1.165, 1.54) is 0 Å². The quantitative estimate of drug-likeness (QED) is 0.471. The van der Waals surface area contributed by atoms with E-state index < -0.39 is 35.3 Å². The number of ether oxygens (including phenoxy) is 2. The minimum Gasteiger partial charge on any atom is -0.511 e. The number of carbonyl (C=O) groups excluding carboxylic acids is 2. The summed E-state index contributed by atoms with van der Waals surface area (Å²) < 4.78 is 10.3. The first kappa shape index (κ1) is 18.5. The second-order valence-corrected chi connectivity index (χ2v) is 6.11. The Morgan fingerprint density at radius 2 is 1.33 bits per heavy atom. The van der Waals surface area contributed by atoms with Crippen molar-refractivity contribution < 1.29 is 29.3 Å². The van der Waals surface area contributed by atoms with E-state index >= 15 is 0 Å². The Kier molecular flexibility index (Phi) is 5.47. The fraction of sp³-hybridized carbons (Fsp3) is 0.100. The molecule has 1 aliphatic carbocycles. The Labute approximate surface area is 159 Å². The zero-order valence-electron chi connectivity index (χ0n) is 14.0. The monoisotopic (exact) mass is 386 g/mol. The molecule has 0 fully saturated rings. The lowest BCUT2D eigenvalue weighted by Crippen LogP contribution is -2.29. The number of para-hydroxylation sites is 2. The van der Waals surface area contributed by atoms with Gasteiger partial charge >= 0.3 is 11.9 Å². The number of carbonyl (C=O) groups is 2. The smallest absolute Gasteiger partial charge is 0.344 e. The molecular formula is C20H15ClO6. The van der Waals surface area contributed by atoms with Crippen molar-refractivity contribution in [3.63, 3.8) is 0 Å². The van der Waals surface area contributed by atoms with E-state index in [9.17, 15) is 19.8 Å². The van der Waals surface area contributed by atoms with Crippen molar-refractivity contribution in [2.24, 2.45) is 0 Å². The van der Waals surface area contributed by atoms with Gasteiger partial charge in [0.05, 0.1) is 5.57 Å². The lowest BCUT2D eigenvalue weighted by Gasteiger charge is -2.22. The predicted molar refractivity (Wildman–Crippen MR) is 97.7 cm³/mol. The van der Waals surface area contributed by atoms with Crippen molar-refractivity contribution in [1.82, 2.24) is 0 Å². The molecule has 3 rings (SSSR count). The van der Waals surface area contributed by atoms with Crippen LogP contribution in [0.4, 0.5) is 0 Å². The molecule has 2 N–H and O–H groups in total. The number of alkyl halides is 1. The minimum absolute atomic E-state index is 0.229. The average molecular weight is 387 g/mol. The van der Waals surface area contributed by atoms with Crippen molar-refractivity contribution in [3.05, 3.63) is 83.3 Å². The van der Waals surface area contributed by atoms with Crippen LogP contribution in [-0.4, -0.2) is 27.5 Å². The zero-order valence-corrected chi connectivity index (χ0v) is 14.7. The molecule has 0 heterocycles. The van der Waals surface area contributed by atoms with Crippen LogP contribution in [0.1, 0.15) is 6.42 Å². The summed E-state index contributed by atoms with van der Waals surface area (Å²) in [6.07, 6.45) is -0.403. The van der Waals surface area contributed by atoms with Crippen molar-refractivity contribution in [3.8, 4) is 11.5 Å². The average Bonchev–Trinajstić information content (AvgIpc) is 2.66. The fourth-order valence-electron chi connectivity index (χ4n) is 2.49. The third kappa shape index (κ3) is 4.12. The van der Waals surface area contributed by atoms with Crippen LogP contribution in [-0.2, 0) is 9.59 Å². The highest BCUT2D eigenvalue weighted by molar-refractivity contribution is 6.27. The number of esters is 2. The number of aliphatic hydroxyl groups excluding tert-OH is 2. The number of hydrogen-bond donors (Lipinski definition) is 2. The van der Waals surface area contributed by atoms with Gasteiger partial charge in [-0.3, -0.25) is 0 Å². The highest BCUT2D eigenvalue weighted by Crippen LogP contribution is 2.33. The normalized spacial score (nSPS) is 16.9. The van der Waals surface area contributed by atoms with Gasteiger partial charge in [0.25, 0.3) is 0 Å². The van der Waals surface area contributed by atoms with Crippen LogP contribution in [0.5, 0.6) is 11.5 Å². The van der Waals surface area contributed by atoms with Gasteiger partial charge in [0.2, 0.25) is 0 Å². The summed E-state index contributed by atoms with van der Waals surface area (Å²) in [5.41, 5.74) is -0.554. The summed E-state index contributed by atoms with van der Waals surface area (Å²) in [5, 5.41) is 19.1. The summed E-state index contributed by atoms with van der Waals surface area (Å²) in [6.45, 7) is 0. The molecule has 0 amide bonds. The third-order valence-electron chi connectivity index (χ3n) is 3.83. The standard InChI is InChI=1S/C20H15ClO6/c21-17-16(20(25)27-13-9-5-2-6-10-13)15(22)11-14(18(17)23)19(24)26-12-7-3-1-4-8-12/h1-10,17,22-23H,11H2. The van der Waals surface area contributed by atoms with Gasteiger partial charge in [-0.25, -0.2) is 9.59 Å². The topological polar surface area (TPSA) is 93.1 Å². The van der Waals surface area contributed by atoms with Gasteiger partial charge < -0.3 is 19.7 Å². The molecule has 138 valence electrons. The van der Waals surface area contributed by atoms with E-state index in [0.29, 0.717) is 0 Å². The van der Waals surface area contributed by atoms with Gasteiger partial charge in [-0.1, -0.05) is 36.4 Å². The third-order valence-corrected chi connectivity index (χ3v) is 4.26. The molecule has 0 aliphatic heterocycles. The molecule has 0 saturated heterocycles. The highest BCUT2D eigenvalue weighted by Gasteiger charge is 2.37. The first-order valence-corrected chi connectivity index (χ1v) is 8.43. The lowest BCUT2D eigenvalue weighted by molar-refractivity contribution is -0.132. The Morgan fingerprint density at radius 1 is 0.852 bits per heavy atom. The van der Waals surface area contributed by atoms with Crippen LogP contribution in [0.3, 0.4) is 0 Å². The first-order valence-electron chi connectivity index (χ1n) is 8.00. The second kappa shape index (κ2) is 7.97. The Morgan fingerprint density at radius 3 is 1.85 bits per heavy atom. The molecule has 0 bridgehead atoms. The molecule has 1 atom stereocenters. The SMILES string of the molecule is O=C(Oc1ccccc1)C1=C(O)C(Cl)C(C(=O)Oc2ccccc2)=C(O)C1. The second-order valence-electron chi connectivity index (χ2n) is 5.67. The summed E-state index contributed by atoms with van der Waals surface area (Å²) in [5.74, 6) is -2.28. The molecule has 0 aromatic heterocycles. The number of aliphatic hydroxyl groups is 2. The molecule has 0 spiro atoms. The summed E-state index contributed by atoms with van der Waals surface area (Å²) >= 11 is 6.10. The van der Waals surface area contributed by atoms with Gasteiger partial charge in [-0.2, -0.15) is 0 Å². The zero-order chi connectivity index (χ0) is 19.4. The lowest BCUT2D eigenvalue weighted by atomic mass is 9.95. The molecule has 1 aliphatic rings. The van der Waals surface area contributed by atoms with Crippen molar-refractivity contribution in [2.75, 3.05) is 0 Å². The van der Waals surface area contributed by atoms with E-state index in [0.717, 1.165) is 0 Å². The van der Waals surface area contributed by atoms with Crippen molar-refractivity contribution in [1.29, 1.82) is 0 Å². The summed E-state index contributed by atoms with van der Waals surface area (Å²) in [7, 11) is 0. The molecular weight excluding hydrogens is 372 g/mol. The number of halogens is 1. The molecule has 0 saturated carbocycles. The molecule has 6 nitrogen and oxygen atoms in total. The van der Waals surface area contributed by atoms with Crippen LogP contribution in [0.15, 0.2) is 83.3 Å². The predicted octanol–water partition coefficient (Wildman–Crippen LogP) is 3.83. The van der Waals surface area contributed by atoms with E-state index in [1.807, 2.05) is 0 Å². The van der Waals surface area contributed by atoms with Crippen LogP contribution in [0.2, 0.25) is 0 Å². The van der Waals surface area contributed by atoms with E-state index in [2.05, 4.69) is 0 Å². The van der Waals surface area contributed by atoms with Gasteiger partial charge in [-0.05, 0) is 24.3 Å². The van der Waals surface area contributed by atoms with Crippen molar-refractivity contribution in [2.45, 2.75) is 11.8 Å². The number of benzene rings is 2. The molecule has 7 heteroatoms. The highest BCUT2D eigenvalue weighted by atomic mass is 35.5. The van der Waals surface area contributed by atoms with E-state index in [4.69, 9.17) is 21.1 Å². The van der Waals surface area contributed by atoms with Crippen LogP contribution in [0.25, 0.3) is 0 Å². The number of hydrogen-bond acceptors (Lipinski definition) is 6. The number of allylic oxidation sites excluding steroid dienone is 2. The van der Waals surface area contributed by atoms with Gasteiger partial charge in [0.15, 0.2) is 0 Å². The molecule has 2 aromatic rings. The van der Waals surface area contributed by atoms with Gasteiger partial charge in [0, 0.05) is 6.42 Å². The van der Waals surface area contributed by atoms with Crippen LogP contribution in [0, 0.1) is 0 Å². The number of rotatable bonds is 4. The van der Waals surface area contributed by atoms with Gasteiger partial charge in [0.1, 0.15) is 34.0 Å². The molecule has 27 heavy (non-hydrogen) atoms.